The van der Waals surface area contributed by atoms with Crippen molar-refractivity contribution in [3.05, 3.63) is 29.3 Å². The predicted octanol–water partition coefficient (Wildman–Crippen LogP) is 3.20. The van der Waals surface area contributed by atoms with Crippen molar-refractivity contribution in [2.45, 2.75) is 51.6 Å². The summed E-state index contributed by atoms with van der Waals surface area (Å²) in [5.74, 6) is 0. The molecule has 1 aromatic carbocycles. The van der Waals surface area contributed by atoms with Crippen molar-refractivity contribution in [2.24, 2.45) is 5.73 Å². The number of aryl methyl sites for hydroxylation is 1. The summed E-state index contributed by atoms with van der Waals surface area (Å²) in [4.78, 5) is 0. The molecule has 1 aromatic rings. The Bertz CT molecular complexity index is 341. The first-order valence-corrected chi connectivity index (χ1v) is 6.36. The molecule has 1 aliphatic carbocycles. The third-order valence-electron chi connectivity index (χ3n) is 3.58. The lowest BCUT2D eigenvalue weighted by atomic mass is 9.94. The van der Waals surface area contributed by atoms with Gasteiger partial charge in [0.1, 0.15) is 0 Å². The molecule has 0 spiro atoms. The van der Waals surface area contributed by atoms with Crippen LogP contribution in [0.25, 0.3) is 0 Å². The number of benzene rings is 1. The maximum absolute atomic E-state index is 5.82. The molecule has 0 heterocycles. The van der Waals surface area contributed by atoms with Gasteiger partial charge in [-0.05, 0) is 37.0 Å². The SMILES string of the molecule is Cc1cccc(NC2CCCCC2)c1CN. The van der Waals surface area contributed by atoms with Gasteiger partial charge >= 0.3 is 0 Å². The molecule has 88 valence electrons. The van der Waals surface area contributed by atoms with E-state index in [0.29, 0.717) is 12.6 Å². The zero-order chi connectivity index (χ0) is 11.4. The van der Waals surface area contributed by atoms with Crippen LogP contribution in [0.4, 0.5) is 5.69 Å². The highest BCUT2D eigenvalue weighted by atomic mass is 14.9. The standard InChI is InChI=1S/C14H22N2/c1-11-6-5-9-14(13(11)10-15)16-12-7-3-2-4-8-12/h5-6,9,12,16H,2-4,7-8,10,15H2,1H3. The van der Waals surface area contributed by atoms with Crippen LogP contribution < -0.4 is 11.1 Å². The van der Waals surface area contributed by atoms with Crippen LogP contribution in [0.3, 0.4) is 0 Å². The van der Waals surface area contributed by atoms with E-state index in [1.165, 1.54) is 48.9 Å². The van der Waals surface area contributed by atoms with E-state index in [2.05, 4.69) is 30.4 Å². The number of anilines is 1. The molecule has 0 amide bonds. The van der Waals surface area contributed by atoms with Crippen molar-refractivity contribution in [1.82, 2.24) is 0 Å². The highest BCUT2D eigenvalue weighted by Gasteiger charge is 2.14. The van der Waals surface area contributed by atoms with Gasteiger partial charge in [0.25, 0.3) is 0 Å². The molecule has 0 bridgehead atoms. The van der Waals surface area contributed by atoms with E-state index in [-0.39, 0.29) is 0 Å². The maximum atomic E-state index is 5.82. The van der Waals surface area contributed by atoms with Gasteiger partial charge in [0.05, 0.1) is 0 Å². The summed E-state index contributed by atoms with van der Waals surface area (Å²) in [5.41, 5.74) is 9.63. The summed E-state index contributed by atoms with van der Waals surface area (Å²) in [7, 11) is 0. The second-order valence-electron chi connectivity index (χ2n) is 4.78. The van der Waals surface area contributed by atoms with Crippen LogP contribution in [0.1, 0.15) is 43.2 Å². The van der Waals surface area contributed by atoms with Crippen LogP contribution in [0.2, 0.25) is 0 Å². The Hall–Kier alpha value is -1.02. The molecule has 1 fully saturated rings. The molecular weight excluding hydrogens is 196 g/mol. The van der Waals surface area contributed by atoms with E-state index in [1.54, 1.807) is 0 Å². The lowest BCUT2D eigenvalue weighted by molar-refractivity contribution is 0.462. The minimum absolute atomic E-state index is 0.627. The van der Waals surface area contributed by atoms with Gasteiger partial charge in [-0.25, -0.2) is 0 Å². The molecule has 1 aliphatic rings. The number of nitrogens with one attached hydrogen (secondary N) is 1. The Labute approximate surface area is 98.2 Å². The maximum Gasteiger partial charge on any atom is 0.0390 e. The molecule has 0 aromatic heterocycles. The smallest absolute Gasteiger partial charge is 0.0390 e. The lowest BCUT2D eigenvalue weighted by Gasteiger charge is -2.25. The van der Waals surface area contributed by atoms with Crippen LogP contribution in [-0.4, -0.2) is 6.04 Å². The fourth-order valence-electron chi connectivity index (χ4n) is 2.58. The molecule has 2 rings (SSSR count). The molecule has 0 aliphatic heterocycles. The molecular formula is C14H22N2. The third-order valence-corrected chi connectivity index (χ3v) is 3.58. The molecule has 0 unspecified atom stereocenters. The van der Waals surface area contributed by atoms with Crippen LogP contribution >= 0.6 is 0 Å². The summed E-state index contributed by atoms with van der Waals surface area (Å²) in [6, 6.07) is 7.05. The van der Waals surface area contributed by atoms with Crippen molar-refractivity contribution in [3.63, 3.8) is 0 Å². The minimum atomic E-state index is 0.627. The number of hydrogen-bond acceptors (Lipinski definition) is 2. The zero-order valence-corrected chi connectivity index (χ0v) is 10.1. The Morgan fingerprint density at radius 3 is 2.69 bits per heavy atom. The lowest BCUT2D eigenvalue weighted by Crippen LogP contribution is -2.23. The van der Waals surface area contributed by atoms with E-state index < -0.39 is 0 Å². The molecule has 2 nitrogen and oxygen atoms in total. The van der Waals surface area contributed by atoms with Gasteiger partial charge in [-0.15, -0.1) is 0 Å². The summed E-state index contributed by atoms with van der Waals surface area (Å²) in [6.07, 6.45) is 6.73. The molecule has 3 N–H and O–H groups in total. The van der Waals surface area contributed by atoms with Crippen LogP contribution in [0, 0.1) is 6.92 Å². The number of nitrogens with two attached hydrogens (primary N) is 1. The topological polar surface area (TPSA) is 38.0 Å². The summed E-state index contributed by atoms with van der Waals surface area (Å²) in [6.45, 7) is 2.76. The Balaban J connectivity index is 2.10. The van der Waals surface area contributed by atoms with E-state index in [4.69, 9.17) is 5.73 Å². The Kier molecular flexibility index (Phi) is 3.83. The first kappa shape index (κ1) is 11.5. The predicted molar refractivity (Wildman–Crippen MR) is 69.6 cm³/mol. The van der Waals surface area contributed by atoms with Gasteiger partial charge < -0.3 is 11.1 Å². The van der Waals surface area contributed by atoms with Crippen LogP contribution in [0.5, 0.6) is 0 Å². The average Bonchev–Trinajstić information content (AvgIpc) is 2.31. The minimum Gasteiger partial charge on any atom is -0.382 e. The number of rotatable bonds is 3. The molecule has 0 radical (unpaired) electrons. The van der Waals surface area contributed by atoms with Gasteiger partial charge in [0.2, 0.25) is 0 Å². The second-order valence-corrected chi connectivity index (χ2v) is 4.78. The zero-order valence-electron chi connectivity index (χ0n) is 10.1. The van der Waals surface area contributed by atoms with Crippen LogP contribution in [0.15, 0.2) is 18.2 Å². The molecule has 16 heavy (non-hydrogen) atoms. The monoisotopic (exact) mass is 218 g/mol. The Morgan fingerprint density at radius 1 is 1.25 bits per heavy atom. The summed E-state index contributed by atoms with van der Waals surface area (Å²) >= 11 is 0. The van der Waals surface area contributed by atoms with E-state index in [1.807, 2.05) is 0 Å². The van der Waals surface area contributed by atoms with E-state index in [9.17, 15) is 0 Å². The van der Waals surface area contributed by atoms with Gasteiger partial charge in [0.15, 0.2) is 0 Å². The highest BCUT2D eigenvalue weighted by Crippen LogP contribution is 2.25. The highest BCUT2D eigenvalue weighted by molar-refractivity contribution is 5.55. The van der Waals surface area contributed by atoms with Crippen molar-refractivity contribution < 1.29 is 0 Å². The second kappa shape index (κ2) is 5.35. The van der Waals surface area contributed by atoms with Gasteiger partial charge in [-0.3, -0.25) is 0 Å². The largest absolute Gasteiger partial charge is 0.382 e. The van der Waals surface area contributed by atoms with Crippen molar-refractivity contribution in [2.75, 3.05) is 5.32 Å². The first-order valence-electron chi connectivity index (χ1n) is 6.36. The molecule has 0 saturated heterocycles. The molecule has 0 atom stereocenters. The summed E-state index contributed by atoms with van der Waals surface area (Å²) in [5, 5.41) is 3.66. The van der Waals surface area contributed by atoms with Gasteiger partial charge in [-0.1, -0.05) is 31.4 Å². The average molecular weight is 218 g/mol. The van der Waals surface area contributed by atoms with Crippen molar-refractivity contribution in [3.8, 4) is 0 Å². The third kappa shape index (κ3) is 2.56. The van der Waals surface area contributed by atoms with E-state index >= 15 is 0 Å². The summed E-state index contributed by atoms with van der Waals surface area (Å²) < 4.78 is 0. The van der Waals surface area contributed by atoms with Crippen molar-refractivity contribution >= 4 is 5.69 Å². The fraction of sp³-hybridized carbons (Fsp3) is 0.571. The first-order chi connectivity index (χ1) is 7.81. The van der Waals surface area contributed by atoms with Gasteiger partial charge in [0, 0.05) is 18.3 Å². The van der Waals surface area contributed by atoms with Crippen molar-refractivity contribution in [1.29, 1.82) is 0 Å². The Morgan fingerprint density at radius 2 is 2.00 bits per heavy atom. The molecule has 2 heteroatoms. The van der Waals surface area contributed by atoms with E-state index in [0.717, 1.165) is 0 Å². The van der Waals surface area contributed by atoms with Gasteiger partial charge in [-0.2, -0.15) is 0 Å². The fourth-order valence-corrected chi connectivity index (χ4v) is 2.58. The molecule has 1 saturated carbocycles. The normalized spacial score (nSPS) is 17.4. The number of hydrogen-bond donors (Lipinski definition) is 2. The quantitative estimate of drug-likeness (QED) is 0.817. The van der Waals surface area contributed by atoms with Crippen LogP contribution in [-0.2, 0) is 6.54 Å².